The average Bonchev–Trinajstić information content (AvgIpc) is 2.93. The Hall–Kier alpha value is -0.610. The summed E-state index contributed by atoms with van der Waals surface area (Å²) in [6.07, 6.45) is 2.02. The van der Waals surface area contributed by atoms with Crippen LogP contribution in [0.5, 0.6) is 0 Å². The smallest absolute Gasteiger partial charge is 0.224 e. The van der Waals surface area contributed by atoms with Crippen LogP contribution in [0.25, 0.3) is 0 Å². The lowest BCUT2D eigenvalue weighted by Crippen LogP contribution is -2.41. The van der Waals surface area contributed by atoms with Crippen molar-refractivity contribution < 1.29 is 9.90 Å². The van der Waals surface area contributed by atoms with Crippen LogP contribution in [0.3, 0.4) is 0 Å². The van der Waals surface area contributed by atoms with Gasteiger partial charge in [-0.3, -0.25) is 4.79 Å². The summed E-state index contributed by atoms with van der Waals surface area (Å²) in [6, 6.07) is -0.126. The molecule has 0 heterocycles. The van der Waals surface area contributed by atoms with Crippen LogP contribution in [0.15, 0.2) is 0 Å². The number of aliphatic hydroxyl groups is 1. The van der Waals surface area contributed by atoms with Gasteiger partial charge in [-0.2, -0.15) is 0 Å². The normalized spacial score (nSPS) is 22.6. The van der Waals surface area contributed by atoms with Gasteiger partial charge in [-0.15, -0.1) is 0 Å². The number of hydrogen-bond acceptors (Lipinski definition) is 3. The van der Waals surface area contributed by atoms with E-state index in [1.807, 2.05) is 13.8 Å². The van der Waals surface area contributed by atoms with Gasteiger partial charge in [0.05, 0.1) is 6.61 Å². The van der Waals surface area contributed by atoms with Crippen LogP contribution in [0, 0.1) is 11.3 Å². The molecule has 1 amide bonds. The predicted molar refractivity (Wildman–Crippen MR) is 54.6 cm³/mol. The minimum atomic E-state index is -0.163. The quantitative estimate of drug-likeness (QED) is 0.578. The lowest BCUT2D eigenvalue weighted by Gasteiger charge is -2.18. The number of nitrogens with one attached hydrogen (secondary N) is 1. The molecule has 4 nitrogen and oxygen atoms in total. The zero-order valence-electron chi connectivity index (χ0n) is 8.92. The lowest BCUT2D eigenvalue weighted by molar-refractivity contribution is -0.125. The van der Waals surface area contributed by atoms with E-state index < -0.39 is 0 Å². The summed E-state index contributed by atoms with van der Waals surface area (Å²) in [7, 11) is 0. The fourth-order valence-corrected chi connectivity index (χ4v) is 1.24. The molecule has 0 aromatic carbocycles. The van der Waals surface area contributed by atoms with Gasteiger partial charge < -0.3 is 16.2 Å². The Morgan fingerprint density at radius 2 is 2.14 bits per heavy atom. The summed E-state index contributed by atoms with van der Waals surface area (Å²) in [4.78, 5) is 11.5. The molecule has 1 aliphatic carbocycles. The Morgan fingerprint density at radius 1 is 1.57 bits per heavy atom. The molecule has 2 unspecified atom stereocenters. The summed E-state index contributed by atoms with van der Waals surface area (Å²) in [5, 5.41) is 11.9. The first-order chi connectivity index (χ1) is 6.51. The number of carbonyl (C=O) groups is 1. The molecule has 0 radical (unpaired) electrons. The van der Waals surface area contributed by atoms with Crippen LogP contribution in [0.1, 0.15) is 26.7 Å². The van der Waals surface area contributed by atoms with Gasteiger partial charge in [0.25, 0.3) is 0 Å². The zero-order chi connectivity index (χ0) is 10.8. The second-order valence-electron chi connectivity index (χ2n) is 4.52. The first kappa shape index (κ1) is 11.5. The Balaban J connectivity index is 2.28. The van der Waals surface area contributed by atoms with E-state index in [0.717, 1.165) is 12.8 Å². The summed E-state index contributed by atoms with van der Waals surface area (Å²) < 4.78 is 0. The Labute approximate surface area is 84.9 Å². The summed E-state index contributed by atoms with van der Waals surface area (Å²) in [6.45, 7) is 4.39. The highest BCUT2D eigenvalue weighted by molar-refractivity contribution is 5.79. The number of carbonyl (C=O) groups excluding carboxylic acids is 1. The van der Waals surface area contributed by atoms with Crippen LogP contribution in [-0.2, 0) is 4.79 Å². The second-order valence-corrected chi connectivity index (χ2v) is 4.52. The van der Waals surface area contributed by atoms with E-state index in [9.17, 15) is 4.79 Å². The molecule has 0 bridgehead atoms. The highest BCUT2D eigenvalue weighted by atomic mass is 16.3. The number of nitrogens with two attached hydrogens (primary N) is 1. The summed E-state index contributed by atoms with van der Waals surface area (Å²) in [5.74, 6) is -0.177. The second kappa shape index (κ2) is 4.28. The summed E-state index contributed by atoms with van der Waals surface area (Å²) >= 11 is 0. The zero-order valence-corrected chi connectivity index (χ0v) is 8.92. The average molecular weight is 200 g/mol. The van der Waals surface area contributed by atoms with Crippen molar-refractivity contribution in [2.45, 2.75) is 32.7 Å². The Morgan fingerprint density at radius 3 is 2.50 bits per heavy atom. The first-order valence-corrected chi connectivity index (χ1v) is 5.15. The summed E-state index contributed by atoms with van der Waals surface area (Å²) in [5.41, 5.74) is 5.59. The molecular formula is C10H20N2O2. The van der Waals surface area contributed by atoms with E-state index in [1.165, 1.54) is 0 Å². The maximum atomic E-state index is 11.5. The van der Waals surface area contributed by atoms with Crippen molar-refractivity contribution in [3.63, 3.8) is 0 Å². The monoisotopic (exact) mass is 200 g/mol. The lowest BCUT2D eigenvalue weighted by atomic mass is 10.0. The SMILES string of the molecule is CC(N)C(C)C(=O)NCC1(CO)CC1. The maximum Gasteiger partial charge on any atom is 0.224 e. The molecule has 14 heavy (non-hydrogen) atoms. The molecule has 4 N–H and O–H groups in total. The van der Waals surface area contributed by atoms with E-state index in [4.69, 9.17) is 10.8 Å². The third kappa shape index (κ3) is 2.69. The van der Waals surface area contributed by atoms with Crippen molar-refractivity contribution in [2.75, 3.05) is 13.2 Å². The fourth-order valence-electron chi connectivity index (χ4n) is 1.24. The van der Waals surface area contributed by atoms with Crippen LogP contribution >= 0.6 is 0 Å². The van der Waals surface area contributed by atoms with E-state index in [2.05, 4.69) is 5.32 Å². The predicted octanol–water partition coefficient (Wildman–Crippen LogP) is -0.142. The van der Waals surface area contributed by atoms with Crippen molar-refractivity contribution >= 4 is 5.91 Å². The minimum absolute atomic E-state index is 0.0141. The van der Waals surface area contributed by atoms with Gasteiger partial charge in [0, 0.05) is 23.9 Å². The maximum absolute atomic E-state index is 11.5. The Bertz CT molecular complexity index is 212. The molecule has 2 atom stereocenters. The van der Waals surface area contributed by atoms with Gasteiger partial charge in [0.1, 0.15) is 0 Å². The van der Waals surface area contributed by atoms with Gasteiger partial charge in [-0.25, -0.2) is 0 Å². The third-order valence-electron chi connectivity index (χ3n) is 3.13. The molecule has 0 spiro atoms. The van der Waals surface area contributed by atoms with Gasteiger partial charge in [-0.05, 0) is 19.8 Å². The molecule has 4 heteroatoms. The van der Waals surface area contributed by atoms with Gasteiger partial charge in [0.2, 0.25) is 5.91 Å². The molecule has 1 fully saturated rings. The molecule has 0 aromatic heterocycles. The fraction of sp³-hybridized carbons (Fsp3) is 0.900. The number of aliphatic hydroxyl groups excluding tert-OH is 1. The molecule has 0 saturated heterocycles. The standard InChI is InChI=1S/C10H20N2O2/c1-7(8(2)11)9(14)12-5-10(6-13)3-4-10/h7-8,13H,3-6,11H2,1-2H3,(H,12,14). The van der Waals surface area contributed by atoms with E-state index >= 15 is 0 Å². The number of amides is 1. The number of rotatable bonds is 5. The minimum Gasteiger partial charge on any atom is -0.396 e. The first-order valence-electron chi connectivity index (χ1n) is 5.15. The molecule has 0 aliphatic heterocycles. The highest BCUT2D eigenvalue weighted by Gasteiger charge is 2.42. The third-order valence-corrected chi connectivity index (χ3v) is 3.13. The van der Waals surface area contributed by atoms with Gasteiger partial charge in [0.15, 0.2) is 0 Å². The van der Waals surface area contributed by atoms with E-state index in [-0.39, 0.29) is 29.9 Å². The van der Waals surface area contributed by atoms with Crippen molar-refractivity contribution in [2.24, 2.45) is 17.1 Å². The molecule has 1 saturated carbocycles. The van der Waals surface area contributed by atoms with Gasteiger partial charge >= 0.3 is 0 Å². The Kier molecular flexibility index (Phi) is 3.50. The van der Waals surface area contributed by atoms with Crippen molar-refractivity contribution in [1.29, 1.82) is 0 Å². The molecule has 0 aromatic rings. The topological polar surface area (TPSA) is 75.4 Å². The van der Waals surface area contributed by atoms with Gasteiger partial charge in [-0.1, -0.05) is 6.92 Å². The largest absolute Gasteiger partial charge is 0.396 e. The van der Waals surface area contributed by atoms with E-state index in [1.54, 1.807) is 0 Å². The van der Waals surface area contributed by atoms with Crippen molar-refractivity contribution in [3.8, 4) is 0 Å². The van der Waals surface area contributed by atoms with Crippen molar-refractivity contribution in [3.05, 3.63) is 0 Å². The molecule has 1 aliphatic rings. The van der Waals surface area contributed by atoms with Crippen LogP contribution in [0.4, 0.5) is 0 Å². The molecule has 82 valence electrons. The van der Waals surface area contributed by atoms with Crippen LogP contribution < -0.4 is 11.1 Å². The van der Waals surface area contributed by atoms with Crippen LogP contribution in [0.2, 0.25) is 0 Å². The van der Waals surface area contributed by atoms with E-state index in [0.29, 0.717) is 6.54 Å². The van der Waals surface area contributed by atoms with Crippen molar-refractivity contribution in [1.82, 2.24) is 5.32 Å². The van der Waals surface area contributed by atoms with Crippen LogP contribution in [-0.4, -0.2) is 30.2 Å². The molecular weight excluding hydrogens is 180 g/mol. The molecule has 1 rings (SSSR count). The number of hydrogen-bond donors (Lipinski definition) is 3. The highest BCUT2D eigenvalue weighted by Crippen LogP contribution is 2.44.